The maximum atomic E-state index is 5.69. The predicted molar refractivity (Wildman–Crippen MR) is 75.8 cm³/mol. The van der Waals surface area contributed by atoms with Gasteiger partial charge in [-0.05, 0) is 26.5 Å². The Balaban J connectivity index is 1.93. The van der Waals surface area contributed by atoms with E-state index >= 15 is 0 Å². The summed E-state index contributed by atoms with van der Waals surface area (Å²) in [5.74, 6) is 1.30. The van der Waals surface area contributed by atoms with Crippen molar-refractivity contribution < 1.29 is 4.74 Å². The van der Waals surface area contributed by atoms with Gasteiger partial charge in [0.2, 0.25) is 0 Å². The van der Waals surface area contributed by atoms with Gasteiger partial charge in [-0.15, -0.1) is 10.2 Å². The van der Waals surface area contributed by atoms with Gasteiger partial charge in [0.25, 0.3) is 0 Å². The number of hydrogen-bond acceptors (Lipinski definition) is 5. The number of hydrogen-bond donors (Lipinski definition) is 1. The van der Waals surface area contributed by atoms with E-state index < -0.39 is 0 Å². The van der Waals surface area contributed by atoms with E-state index in [1.54, 1.807) is 11.3 Å². The number of nitrogens with one attached hydrogen (secondary N) is 1. The second-order valence-corrected chi connectivity index (χ2v) is 5.76. The van der Waals surface area contributed by atoms with E-state index in [1.807, 2.05) is 19.2 Å². The van der Waals surface area contributed by atoms with E-state index in [-0.39, 0.29) is 6.04 Å². The van der Waals surface area contributed by atoms with E-state index in [9.17, 15) is 0 Å². The van der Waals surface area contributed by atoms with Gasteiger partial charge in [0.05, 0.1) is 12.6 Å². The molecule has 0 aliphatic carbocycles. The van der Waals surface area contributed by atoms with Crippen molar-refractivity contribution in [2.75, 3.05) is 13.7 Å². The molecule has 2 atom stereocenters. The van der Waals surface area contributed by atoms with Gasteiger partial charge >= 0.3 is 0 Å². The molecule has 0 fully saturated rings. The van der Waals surface area contributed by atoms with Crippen LogP contribution >= 0.6 is 11.3 Å². The highest BCUT2D eigenvalue weighted by Crippen LogP contribution is 2.39. The minimum atomic E-state index is 0.251. The molecule has 1 aliphatic heterocycles. The number of rotatable bonds is 3. The van der Waals surface area contributed by atoms with Gasteiger partial charge in [-0.25, -0.2) is 0 Å². The van der Waals surface area contributed by atoms with Crippen LogP contribution in [0.5, 0.6) is 5.75 Å². The third kappa shape index (κ3) is 2.35. The van der Waals surface area contributed by atoms with Crippen molar-refractivity contribution in [2.45, 2.75) is 25.3 Å². The van der Waals surface area contributed by atoms with Crippen LogP contribution in [0.4, 0.5) is 0 Å². The highest BCUT2D eigenvalue weighted by molar-refractivity contribution is 7.11. The van der Waals surface area contributed by atoms with E-state index in [1.165, 1.54) is 5.56 Å². The largest absolute Gasteiger partial charge is 0.493 e. The number of benzene rings is 1. The Morgan fingerprint density at radius 1 is 1.37 bits per heavy atom. The Morgan fingerprint density at radius 3 is 3.05 bits per heavy atom. The topological polar surface area (TPSA) is 47.0 Å². The van der Waals surface area contributed by atoms with Crippen LogP contribution in [-0.2, 0) is 0 Å². The lowest BCUT2D eigenvalue weighted by molar-refractivity contribution is 0.276. The molecule has 1 aliphatic rings. The van der Waals surface area contributed by atoms with E-state index in [0.29, 0.717) is 5.92 Å². The summed E-state index contributed by atoms with van der Waals surface area (Å²) in [7, 11) is 1.94. The van der Waals surface area contributed by atoms with E-state index in [2.05, 4.69) is 34.6 Å². The molecule has 0 spiro atoms. The highest BCUT2D eigenvalue weighted by atomic mass is 32.1. The molecule has 1 aromatic carbocycles. The van der Waals surface area contributed by atoms with E-state index in [0.717, 1.165) is 28.8 Å². The molecule has 3 rings (SSSR count). The van der Waals surface area contributed by atoms with Gasteiger partial charge in [-0.3, -0.25) is 0 Å². The molecule has 2 aromatic rings. The molecule has 0 bridgehead atoms. The molecule has 0 amide bonds. The van der Waals surface area contributed by atoms with Crippen molar-refractivity contribution >= 4 is 11.3 Å². The fourth-order valence-electron chi connectivity index (χ4n) is 2.28. The molecule has 2 unspecified atom stereocenters. The smallest absolute Gasteiger partial charge is 0.134 e. The summed E-state index contributed by atoms with van der Waals surface area (Å²) in [6.45, 7) is 2.85. The summed E-state index contributed by atoms with van der Waals surface area (Å²) in [5, 5.41) is 14.0. The summed E-state index contributed by atoms with van der Waals surface area (Å²) in [5.41, 5.74) is 1.23. The van der Waals surface area contributed by atoms with Gasteiger partial charge in [-0.2, -0.15) is 0 Å². The molecule has 2 heterocycles. The number of para-hydroxylation sites is 1. The van der Waals surface area contributed by atoms with Crippen molar-refractivity contribution in [2.24, 2.45) is 0 Å². The lowest BCUT2D eigenvalue weighted by Crippen LogP contribution is -2.14. The van der Waals surface area contributed by atoms with Gasteiger partial charge in [0.15, 0.2) is 0 Å². The molecule has 4 nitrogen and oxygen atoms in total. The second kappa shape index (κ2) is 5.27. The fraction of sp³-hybridized carbons (Fsp3) is 0.429. The number of fused-ring (bicyclic) bond motifs is 1. The Bertz CT molecular complexity index is 569. The van der Waals surface area contributed by atoms with Crippen LogP contribution in [0.15, 0.2) is 24.3 Å². The SMILES string of the molecule is CNC(C)c1nnc(C2CCOc3ccccc32)s1. The monoisotopic (exact) mass is 275 g/mol. The third-order valence-electron chi connectivity index (χ3n) is 3.52. The van der Waals surface area contributed by atoms with Crippen LogP contribution in [0.25, 0.3) is 0 Å². The minimum absolute atomic E-state index is 0.251. The summed E-state index contributed by atoms with van der Waals surface area (Å²) < 4.78 is 5.69. The molecule has 0 radical (unpaired) electrons. The number of aromatic nitrogens is 2. The summed E-state index contributed by atoms with van der Waals surface area (Å²) >= 11 is 1.70. The zero-order valence-corrected chi connectivity index (χ0v) is 11.9. The van der Waals surface area contributed by atoms with Crippen LogP contribution in [0.1, 0.15) is 40.9 Å². The Kier molecular flexibility index (Phi) is 3.48. The fourth-order valence-corrected chi connectivity index (χ4v) is 3.34. The standard InChI is InChI=1S/C14H17N3OS/c1-9(15-2)13-16-17-14(19-13)11-7-8-18-12-6-4-3-5-10(11)12/h3-6,9,11,15H,7-8H2,1-2H3. The first kappa shape index (κ1) is 12.6. The van der Waals surface area contributed by atoms with Gasteiger partial charge in [0, 0.05) is 11.5 Å². The van der Waals surface area contributed by atoms with Crippen molar-refractivity contribution in [3.05, 3.63) is 39.8 Å². The molecule has 1 N–H and O–H groups in total. The molecule has 100 valence electrons. The first-order valence-corrected chi connectivity index (χ1v) is 7.33. The third-order valence-corrected chi connectivity index (χ3v) is 4.74. The molecule has 0 saturated heterocycles. The molecule has 0 saturated carbocycles. The lowest BCUT2D eigenvalue weighted by Gasteiger charge is -2.23. The molecule has 5 heteroatoms. The summed E-state index contributed by atoms with van der Waals surface area (Å²) in [6, 6.07) is 8.47. The zero-order valence-electron chi connectivity index (χ0n) is 11.1. The second-order valence-electron chi connectivity index (χ2n) is 4.72. The van der Waals surface area contributed by atoms with Crippen LogP contribution < -0.4 is 10.1 Å². The Labute approximate surface area is 116 Å². The van der Waals surface area contributed by atoms with Gasteiger partial charge < -0.3 is 10.1 Å². The van der Waals surface area contributed by atoms with Crippen molar-refractivity contribution in [1.82, 2.24) is 15.5 Å². The van der Waals surface area contributed by atoms with Crippen molar-refractivity contribution in [3.63, 3.8) is 0 Å². The molecule has 19 heavy (non-hydrogen) atoms. The van der Waals surface area contributed by atoms with E-state index in [4.69, 9.17) is 4.74 Å². The lowest BCUT2D eigenvalue weighted by atomic mass is 9.94. The Hall–Kier alpha value is -1.46. The molecular formula is C14H17N3OS. The molecular weight excluding hydrogens is 258 g/mol. The highest BCUT2D eigenvalue weighted by Gasteiger charge is 2.26. The number of ether oxygens (including phenoxy) is 1. The normalized spacial score (nSPS) is 19.6. The van der Waals surface area contributed by atoms with Crippen molar-refractivity contribution in [1.29, 1.82) is 0 Å². The summed E-state index contributed by atoms with van der Waals surface area (Å²) in [4.78, 5) is 0. The maximum absolute atomic E-state index is 5.69. The quantitative estimate of drug-likeness (QED) is 0.935. The van der Waals surface area contributed by atoms with Crippen molar-refractivity contribution in [3.8, 4) is 5.75 Å². The first-order chi connectivity index (χ1) is 9.29. The van der Waals surface area contributed by atoms with Crippen LogP contribution in [-0.4, -0.2) is 23.9 Å². The predicted octanol–water partition coefficient (Wildman–Crippen LogP) is 2.73. The first-order valence-electron chi connectivity index (χ1n) is 6.52. The average Bonchev–Trinajstić information content (AvgIpc) is 2.95. The zero-order chi connectivity index (χ0) is 13.2. The average molecular weight is 275 g/mol. The van der Waals surface area contributed by atoms with Gasteiger partial charge in [0.1, 0.15) is 15.8 Å². The number of nitrogens with zero attached hydrogens (tertiary/aromatic N) is 2. The van der Waals surface area contributed by atoms with Gasteiger partial charge in [-0.1, -0.05) is 29.5 Å². The summed E-state index contributed by atoms with van der Waals surface area (Å²) in [6.07, 6.45) is 0.972. The van der Waals surface area contributed by atoms with Crippen LogP contribution in [0.2, 0.25) is 0 Å². The Morgan fingerprint density at radius 2 is 2.21 bits per heavy atom. The van der Waals surface area contributed by atoms with Crippen LogP contribution in [0.3, 0.4) is 0 Å². The minimum Gasteiger partial charge on any atom is -0.493 e. The maximum Gasteiger partial charge on any atom is 0.134 e. The van der Waals surface area contributed by atoms with Crippen LogP contribution in [0, 0.1) is 0 Å². The molecule has 1 aromatic heterocycles.